The molecule has 0 saturated carbocycles. The van der Waals surface area contributed by atoms with Gasteiger partial charge in [0, 0.05) is 18.3 Å². The average molecular weight is 283 g/mol. The second-order valence-electron chi connectivity index (χ2n) is 4.99. The zero-order chi connectivity index (χ0) is 14.8. The number of aryl methyl sites for hydroxylation is 2. The molecule has 2 aromatic heterocycles. The molecule has 0 aliphatic heterocycles. The average Bonchev–Trinajstić information content (AvgIpc) is 2.90. The second-order valence-corrected chi connectivity index (χ2v) is 4.99. The fourth-order valence-electron chi connectivity index (χ4n) is 2.08. The molecule has 0 aliphatic rings. The molecule has 0 saturated heterocycles. The largest absolute Gasteiger partial charge is 0.351 e. The first-order valence-corrected chi connectivity index (χ1v) is 6.94. The fourth-order valence-corrected chi connectivity index (χ4v) is 2.08. The molecular weight excluding hydrogens is 266 g/mol. The predicted molar refractivity (Wildman–Crippen MR) is 81.5 cm³/mol. The second kappa shape index (κ2) is 5.40. The molecule has 2 N–H and O–H groups in total. The lowest BCUT2D eigenvalue weighted by Gasteiger charge is -2.02. The van der Waals surface area contributed by atoms with E-state index < -0.39 is 0 Å². The SMILES string of the molecule is CCc1cc(=O)n2[nH]c(NCc3ccc(C)cc3)nc2n1. The van der Waals surface area contributed by atoms with Crippen LogP contribution in [0.4, 0.5) is 5.95 Å². The van der Waals surface area contributed by atoms with E-state index >= 15 is 0 Å². The van der Waals surface area contributed by atoms with E-state index in [-0.39, 0.29) is 5.56 Å². The van der Waals surface area contributed by atoms with E-state index in [0.29, 0.717) is 24.7 Å². The summed E-state index contributed by atoms with van der Waals surface area (Å²) in [4.78, 5) is 20.5. The molecule has 1 aromatic carbocycles. The number of anilines is 1. The Bertz CT molecular complexity index is 816. The topological polar surface area (TPSA) is 75.1 Å². The number of H-pyrrole nitrogens is 1. The van der Waals surface area contributed by atoms with Crippen LogP contribution < -0.4 is 10.9 Å². The summed E-state index contributed by atoms with van der Waals surface area (Å²) in [6.07, 6.45) is 0.713. The van der Waals surface area contributed by atoms with Gasteiger partial charge >= 0.3 is 0 Å². The maximum absolute atomic E-state index is 11.9. The Morgan fingerprint density at radius 3 is 2.71 bits per heavy atom. The Labute approximate surface area is 121 Å². The molecule has 6 heteroatoms. The van der Waals surface area contributed by atoms with Gasteiger partial charge in [-0.15, -0.1) is 0 Å². The van der Waals surface area contributed by atoms with Gasteiger partial charge in [-0.25, -0.2) is 4.98 Å². The third-order valence-corrected chi connectivity index (χ3v) is 3.33. The summed E-state index contributed by atoms with van der Waals surface area (Å²) in [5, 5.41) is 6.08. The maximum Gasteiger partial charge on any atom is 0.274 e. The molecule has 6 nitrogen and oxygen atoms in total. The van der Waals surface area contributed by atoms with Gasteiger partial charge in [0.2, 0.25) is 5.95 Å². The van der Waals surface area contributed by atoms with E-state index in [1.165, 1.54) is 16.1 Å². The number of aromatic nitrogens is 4. The molecule has 0 aliphatic carbocycles. The first-order valence-electron chi connectivity index (χ1n) is 6.94. The summed E-state index contributed by atoms with van der Waals surface area (Å²) in [5.74, 6) is 0.930. The Morgan fingerprint density at radius 2 is 2.00 bits per heavy atom. The molecule has 108 valence electrons. The van der Waals surface area contributed by atoms with Crippen molar-refractivity contribution in [2.45, 2.75) is 26.8 Å². The Kier molecular flexibility index (Phi) is 3.43. The van der Waals surface area contributed by atoms with Crippen LogP contribution in [0.5, 0.6) is 0 Å². The molecular formula is C15H17N5O. The highest BCUT2D eigenvalue weighted by molar-refractivity contribution is 5.38. The number of benzene rings is 1. The van der Waals surface area contributed by atoms with Crippen LogP contribution in [-0.2, 0) is 13.0 Å². The van der Waals surface area contributed by atoms with E-state index in [9.17, 15) is 4.79 Å². The monoisotopic (exact) mass is 283 g/mol. The van der Waals surface area contributed by atoms with Crippen LogP contribution in [0.25, 0.3) is 5.78 Å². The molecule has 0 spiro atoms. The van der Waals surface area contributed by atoms with E-state index in [2.05, 4.69) is 51.6 Å². The van der Waals surface area contributed by atoms with Crippen LogP contribution in [-0.4, -0.2) is 19.6 Å². The predicted octanol–water partition coefficient (Wildman–Crippen LogP) is 1.90. The number of hydrogen-bond acceptors (Lipinski definition) is 4. The van der Waals surface area contributed by atoms with Crippen molar-refractivity contribution in [2.24, 2.45) is 0 Å². The number of nitrogens with one attached hydrogen (secondary N) is 2. The fraction of sp³-hybridized carbons (Fsp3) is 0.267. The van der Waals surface area contributed by atoms with Gasteiger partial charge in [0.1, 0.15) is 0 Å². The minimum absolute atomic E-state index is 0.146. The molecule has 0 atom stereocenters. The smallest absolute Gasteiger partial charge is 0.274 e. The molecule has 3 rings (SSSR count). The van der Waals surface area contributed by atoms with E-state index in [1.54, 1.807) is 0 Å². The van der Waals surface area contributed by atoms with Crippen molar-refractivity contribution in [3.63, 3.8) is 0 Å². The number of aromatic amines is 1. The molecule has 0 amide bonds. The third-order valence-electron chi connectivity index (χ3n) is 3.33. The quantitative estimate of drug-likeness (QED) is 0.767. The van der Waals surface area contributed by atoms with Crippen LogP contribution >= 0.6 is 0 Å². The number of nitrogens with zero attached hydrogens (tertiary/aromatic N) is 3. The number of rotatable bonds is 4. The summed E-state index contributed by atoms with van der Waals surface area (Å²) in [6.45, 7) is 4.65. The van der Waals surface area contributed by atoms with Gasteiger partial charge in [0.25, 0.3) is 11.3 Å². The lowest BCUT2D eigenvalue weighted by atomic mass is 10.1. The molecule has 0 radical (unpaired) electrons. The van der Waals surface area contributed by atoms with Crippen molar-refractivity contribution in [3.05, 3.63) is 57.5 Å². The first-order chi connectivity index (χ1) is 10.2. The first kappa shape index (κ1) is 13.4. The van der Waals surface area contributed by atoms with Crippen molar-refractivity contribution < 1.29 is 0 Å². The van der Waals surface area contributed by atoms with Gasteiger partial charge in [-0.2, -0.15) is 9.50 Å². The Morgan fingerprint density at radius 1 is 1.24 bits per heavy atom. The van der Waals surface area contributed by atoms with Crippen molar-refractivity contribution >= 4 is 11.7 Å². The molecule has 3 aromatic rings. The van der Waals surface area contributed by atoms with Crippen LogP contribution in [0.3, 0.4) is 0 Å². The normalized spacial score (nSPS) is 11.0. The summed E-state index contributed by atoms with van der Waals surface area (Å²) in [6, 6.07) is 9.77. The summed E-state index contributed by atoms with van der Waals surface area (Å²) < 4.78 is 1.34. The Hall–Kier alpha value is -2.63. The van der Waals surface area contributed by atoms with Crippen LogP contribution in [0.15, 0.2) is 35.1 Å². The van der Waals surface area contributed by atoms with Crippen LogP contribution in [0, 0.1) is 6.92 Å². The summed E-state index contributed by atoms with van der Waals surface area (Å²) >= 11 is 0. The zero-order valence-corrected chi connectivity index (χ0v) is 12.1. The van der Waals surface area contributed by atoms with E-state index in [1.807, 2.05) is 6.92 Å². The maximum atomic E-state index is 11.9. The van der Waals surface area contributed by atoms with Gasteiger partial charge in [0.15, 0.2) is 0 Å². The highest BCUT2D eigenvalue weighted by atomic mass is 16.1. The minimum Gasteiger partial charge on any atom is -0.351 e. The highest BCUT2D eigenvalue weighted by Gasteiger charge is 2.06. The van der Waals surface area contributed by atoms with Crippen molar-refractivity contribution in [1.82, 2.24) is 19.6 Å². The summed E-state index contributed by atoms with van der Waals surface area (Å²) in [7, 11) is 0. The lowest BCUT2D eigenvalue weighted by molar-refractivity contribution is 0.873. The number of fused-ring (bicyclic) bond motifs is 1. The van der Waals surface area contributed by atoms with Gasteiger partial charge in [-0.3, -0.25) is 9.89 Å². The highest BCUT2D eigenvalue weighted by Crippen LogP contribution is 2.07. The molecule has 0 fully saturated rings. The molecule has 0 unspecified atom stereocenters. The van der Waals surface area contributed by atoms with Gasteiger partial charge < -0.3 is 5.32 Å². The van der Waals surface area contributed by atoms with Crippen molar-refractivity contribution in [1.29, 1.82) is 0 Å². The van der Waals surface area contributed by atoms with Gasteiger partial charge in [-0.1, -0.05) is 36.8 Å². The molecule has 2 heterocycles. The van der Waals surface area contributed by atoms with Crippen LogP contribution in [0.2, 0.25) is 0 Å². The third kappa shape index (κ3) is 2.79. The standard InChI is InChI=1S/C15H17N5O/c1-3-12-8-13(21)20-15(17-12)18-14(19-20)16-9-11-6-4-10(2)5-7-11/h4-8H,3,9H2,1-2H3,(H2,16,17,18,19). The van der Waals surface area contributed by atoms with Crippen molar-refractivity contribution in [3.8, 4) is 0 Å². The van der Waals surface area contributed by atoms with Gasteiger partial charge in [-0.05, 0) is 18.9 Å². The summed E-state index contributed by atoms with van der Waals surface area (Å²) in [5.41, 5.74) is 2.98. The van der Waals surface area contributed by atoms with E-state index in [4.69, 9.17) is 0 Å². The van der Waals surface area contributed by atoms with Crippen molar-refractivity contribution in [2.75, 3.05) is 5.32 Å². The number of hydrogen-bond donors (Lipinski definition) is 2. The Balaban J connectivity index is 1.83. The molecule has 0 bridgehead atoms. The lowest BCUT2D eigenvalue weighted by Crippen LogP contribution is -2.15. The zero-order valence-electron chi connectivity index (χ0n) is 12.1. The van der Waals surface area contributed by atoms with Gasteiger partial charge in [0.05, 0.1) is 0 Å². The minimum atomic E-state index is -0.146. The molecule has 21 heavy (non-hydrogen) atoms. The van der Waals surface area contributed by atoms with Crippen LogP contribution in [0.1, 0.15) is 23.7 Å². The van der Waals surface area contributed by atoms with E-state index in [0.717, 1.165) is 11.3 Å².